The molecule has 1 unspecified atom stereocenters. The van der Waals surface area contributed by atoms with Gasteiger partial charge in [-0.3, -0.25) is 4.79 Å². The lowest BCUT2D eigenvalue weighted by Crippen LogP contribution is -2.29. The van der Waals surface area contributed by atoms with Crippen LogP contribution in [0.15, 0.2) is 60.9 Å². The van der Waals surface area contributed by atoms with Crippen LogP contribution in [0.4, 0.5) is 0 Å². The number of aromatic nitrogens is 4. The second-order valence-electron chi connectivity index (χ2n) is 7.20. The molecule has 0 spiro atoms. The van der Waals surface area contributed by atoms with Gasteiger partial charge in [-0.05, 0) is 49.1 Å². The van der Waals surface area contributed by atoms with Gasteiger partial charge in [-0.25, -0.2) is 9.50 Å². The van der Waals surface area contributed by atoms with Gasteiger partial charge in [0.25, 0.3) is 5.78 Å². The number of carbonyl (C=O) groups is 1. The predicted octanol–water partition coefficient (Wildman–Crippen LogP) is 4.23. The Bertz CT molecular complexity index is 1170. The summed E-state index contributed by atoms with van der Waals surface area (Å²) >= 11 is 6.04. The molecule has 0 fully saturated rings. The van der Waals surface area contributed by atoms with Gasteiger partial charge in [0.1, 0.15) is 6.33 Å². The number of benzene rings is 2. The zero-order valence-electron chi connectivity index (χ0n) is 16.8. The van der Waals surface area contributed by atoms with Crippen molar-refractivity contribution in [3.05, 3.63) is 94.0 Å². The first-order valence-corrected chi connectivity index (χ1v) is 10.2. The average Bonchev–Trinajstić information content (AvgIpc) is 3.22. The molecular weight excluding hydrogens is 398 g/mol. The van der Waals surface area contributed by atoms with Gasteiger partial charge in [-0.15, -0.1) is 0 Å². The van der Waals surface area contributed by atoms with Crippen LogP contribution in [0.25, 0.3) is 5.78 Å². The highest BCUT2D eigenvalue weighted by Gasteiger charge is 2.18. The highest BCUT2D eigenvalue weighted by Crippen LogP contribution is 2.24. The third-order valence-electron chi connectivity index (χ3n) is 5.23. The van der Waals surface area contributed by atoms with E-state index in [2.05, 4.69) is 20.4 Å². The Morgan fingerprint density at radius 1 is 1.07 bits per heavy atom. The zero-order chi connectivity index (χ0) is 21.1. The number of fused-ring (bicyclic) bond motifs is 1. The average molecular weight is 420 g/mol. The first kappa shape index (κ1) is 20.0. The van der Waals surface area contributed by atoms with E-state index in [-0.39, 0.29) is 11.9 Å². The molecule has 2 heterocycles. The highest BCUT2D eigenvalue weighted by molar-refractivity contribution is 6.30. The van der Waals surface area contributed by atoms with Crippen molar-refractivity contribution in [1.29, 1.82) is 0 Å². The number of aryl methyl sites for hydroxylation is 2. The highest BCUT2D eigenvalue weighted by atomic mass is 35.5. The lowest BCUT2D eigenvalue weighted by atomic mass is 9.98. The molecule has 0 aliphatic heterocycles. The summed E-state index contributed by atoms with van der Waals surface area (Å²) in [5, 5.41) is 8.05. The quantitative estimate of drug-likeness (QED) is 0.507. The Morgan fingerprint density at radius 2 is 1.77 bits per heavy atom. The molecule has 6 nitrogen and oxygen atoms in total. The third-order valence-corrected chi connectivity index (χ3v) is 5.48. The Labute approximate surface area is 179 Å². The Morgan fingerprint density at radius 3 is 2.50 bits per heavy atom. The molecule has 1 N–H and O–H groups in total. The molecule has 4 aromatic rings. The van der Waals surface area contributed by atoms with E-state index in [1.165, 1.54) is 6.33 Å². The summed E-state index contributed by atoms with van der Waals surface area (Å²) in [7, 11) is 0. The van der Waals surface area contributed by atoms with Crippen LogP contribution in [0.5, 0.6) is 0 Å². The van der Waals surface area contributed by atoms with Crippen LogP contribution in [0, 0.1) is 13.8 Å². The molecular formula is C23H22ClN5O. The van der Waals surface area contributed by atoms with Crippen LogP contribution >= 0.6 is 11.6 Å². The van der Waals surface area contributed by atoms with E-state index in [1.54, 1.807) is 4.52 Å². The summed E-state index contributed by atoms with van der Waals surface area (Å²) in [4.78, 5) is 21.5. The molecule has 0 bridgehead atoms. The van der Waals surface area contributed by atoms with Crippen molar-refractivity contribution in [1.82, 2.24) is 24.9 Å². The van der Waals surface area contributed by atoms with Gasteiger partial charge in [0, 0.05) is 22.8 Å². The molecule has 0 aliphatic carbocycles. The molecule has 2 aromatic carbocycles. The van der Waals surface area contributed by atoms with Crippen molar-refractivity contribution in [3.63, 3.8) is 0 Å². The standard InChI is InChI=1S/C23H22ClN5O/c1-15-20(16(2)29-23(27-15)25-14-26-29)12-13-21(30)28-22(17-6-4-3-5-7-17)18-8-10-19(24)11-9-18/h3-11,14,22H,12-13H2,1-2H3,(H,28,30). The largest absolute Gasteiger partial charge is 0.345 e. The van der Waals surface area contributed by atoms with Crippen molar-refractivity contribution in [2.75, 3.05) is 0 Å². The monoisotopic (exact) mass is 419 g/mol. The van der Waals surface area contributed by atoms with Gasteiger partial charge in [-0.1, -0.05) is 54.1 Å². The number of nitrogens with one attached hydrogen (secondary N) is 1. The number of carbonyl (C=O) groups excluding carboxylic acids is 1. The first-order chi connectivity index (χ1) is 14.5. The van der Waals surface area contributed by atoms with E-state index < -0.39 is 0 Å². The summed E-state index contributed by atoms with van der Waals surface area (Å²) in [6.07, 6.45) is 2.41. The molecule has 0 saturated heterocycles. The molecule has 30 heavy (non-hydrogen) atoms. The summed E-state index contributed by atoms with van der Waals surface area (Å²) in [6.45, 7) is 3.92. The fourth-order valence-corrected chi connectivity index (χ4v) is 3.77. The van der Waals surface area contributed by atoms with Crippen molar-refractivity contribution >= 4 is 23.3 Å². The van der Waals surface area contributed by atoms with E-state index in [0.29, 0.717) is 23.6 Å². The van der Waals surface area contributed by atoms with E-state index in [4.69, 9.17) is 11.6 Å². The molecule has 4 rings (SSSR count). The van der Waals surface area contributed by atoms with Gasteiger partial charge in [-0.2, -0.15) is 10.1 Å². The van der Waals surface area contributed by atoms with Crippen LogP contribution in [0.2, 0.25) is 5.02 Å². The number of nitrogens with zero attached hydrogens (tertiary/aromatic N) is 4. The zero-order valence-corrected chi connectivity index (χ0v) is 17.6. The van der Waals surface area contributed by atoms with Crippen molar-refractivity contribution in [3.8, 4) is 0 Å². The van der Waals surface area contributed by atoms with Crippen LogP contribution in [0.3, 0.4) is 0 Å². The number of rotatable bonds is 6. The fraction of sp³-hybridized carbons (Fsp3) is 0.217. The van der Waals surface area contributed by atoms with E-state index >= 15 is 0 Å². The summed E-state index contributed by atoms with van der Waals surface area (Å²) in [5.41, 5.74) is 4.85. The number of amides is 1. The molecule has 152 valence electrons. The minimum Gasteiger partial charge on any atom is -0.345 e. The lowest BCUT2D eigenvalue weighted by Gasteiger charge is -2.20. The van der Waals surface area contributed by atoms with Gasteiger partial charge >= 0.3 is 0 Å². The van der Waals surface area contributed by atoms with Gasteiger partial charge in [0.05, 0.1) is 6.04 Å². The maximum absolute atomic E-state index is 12.9. The van der Waals surface area contributed by atoms with E-state index in [0.717, 1.165) is 28.1 Å². The Balaban J connectivity index is 1.53. The maximum atomic E-state index is 12.9. The summed E-state index contributed by atoms with van der Waals surface area (Å²) < 4.78 is 1.71. The van der Waals surface area contributed by atoms with Gasteiger partial charge in [0.2, 0.25) is 5.91 Å². The predicted molar refractivity (Wildman–Crippen MR) is 116 cm³/mol. The van der Waals surface area contributed by atoms with Crippen molar-refractivity contribution in [2.24, 2.45) is 0 Å². The lowest BCUT2D eigenvalue weighted by molar-refractivity contribution is -0.121. The molecule has 2 aromatic heterocycles. The van der Waals surface area contributed by atoms with Gasteiger partial charge in [0.15, 0.2) is 0 Å². The number of halogens is 1. The van der Waals surface area contributed by atoms with Crippen LogP contribution < -0.4 is 5.32 Å². The Kier molecular flexibility index (Phi) is 5.77. The third kappa shape index (κ3) is 4.19. The minimum atomic E-state index is -0.242. The summed E-state index contributed by atoms with van der Waals surface area (Å²) in [5.74, 6) is 0.543. The molecule has 1 atom stereocenters. The normalized spacial score (nSPS) is 12.1. The first-order valence-electron chi connectivity index (χ1n) is 9.78. The second-order valence-corrected chi connectivity index (χ2v) is 7.63. The molecule has 0 saturated carbocycles. The van der Waals surface area contributed by atoms with E-state index in [9.17, 15) is 4.79 Å². The van der Waals surface area contributed by atoms with Crippen LogP contribution in [0.1, 0.15) is 40.5 Å². The smallest absolute Gasteiger partial charge is 0.252 e. The molecule has 1 amide bonds. The topological polar surface area (TPSA) is 72.2 Å². The van der Waals surface area contributed by atoms with Crippen LogP contribution in [-0.2, 0) is 11.2 Å². The Hall–Kier alpha value is -3.25. The van der Waals surface area contributed by atoms with Crippen molar-refractivity contribution < 1.29 is 4.79 Å². The molecule has 0 aliphatic rings. The fourth-order valence-electron chi connectivity index (χ4n) is 3.65. The number of hydrogen-bond acceptors (Lipinski definition) is 4. The SMILES string of the molecule is Cc1nc2ncnn2c(C)c1CCC(=O)NC(c1ccccc1)c1ccc(Cl)cc1. The van der Waals surface area contributed by atoms with Crippen LogP contribution in [-0.4, -0.2) is 25.5 Å². The maximum Gasteiger partial charge on any atom is 0.252 e. The number of hydrogen-bond donors (Lipinski definition) is 1. The summed E-state index contributed by atoms with van der Waals surface area (Å²) in [6, 6.07) is 17.2. The molecule has 0 radical (unpaired) electrons. The van der Waals surface area contributed by atoms with Crippen molar-refractivity contribution in [2.45, 2.75) is 32.7 Å². The second kappa shape index (κ2) is 8.63. The van der Waals surface area contributed by atoms with E-state index in [1.807, 2.05) is 68.4 Å². The minimum absolute atomic E-state index is 0.0312. The van der Waals surface area contributed by atoms with Gasteiger partial charge < -0.3 is 5.32 Å². The molecule has 7 heteroatoms.